The lowest BCUT2D eigenvalue weighted by Gasteiger charge is -2.35. The fourth-order valence-corrected chi connectivity index (χ4v) is 6.98. The molecule has 0 N–H and O–H groups in total. The summed E-state index contributed by atoms with van der Waals surface area (Å²) in [5, 5.41) is 6.05. The Bertz CT molecular complexity index is 854. The molecule has 1 aromatic carbocycles. The maximum atomic E-state index is 6.49. The molecular formula is C27H38Cl2N2OS. The minimum Gasteiger partial charge on any atom is -0.381 e. The van der Waals surface area contributed by atoms with Crippen molar-refractivity contribution in [1.82, 2.24) is 9.80 Å². The summed E-state index contributed by atoms with van der Waals surface area (Å²) in [4.78, 5) is 5.31. The quantitative estimate of drug-likeness (QED) is 0.337. The second-order valence-corrected chi connectivity index (χ2v) is 11.6. The van der Waals surface area contributed by atoms with Crippen LogP contribution >= 0.6 is 34.5 Å². The Morgan fingerprint density at radius 2 is 1.94 bits per heavy atom. The molecule has 2 saturated heterocycles. The van der Waals surface area contributed by atoms with Crippen LogP contribution in [0.2, 0.25) is 10.0 Å². The molecule has 6 heteroatoms. The predicted octanol–water partition coefficient (Wildman–Crippen LogP) is 7.19. The third-order valence-corrected chi connectivity index (χ3v) is 8.93. The van der Waals surface area contributed by atoms with Gasteiger partial charge >= 0.3 is 0 Å². The van der Waals surface area contributed by atoms with Crippen molar-refractivity contribution in [2.75, 3.05) is 39.8 Å². The molecule has 1 aromatic heterocycles. The van der Waals surface area contributed by atoms with E-state index in [0.29, 0.717) is 23.0 Å². The first-order chi connectivity index (χ1) is 16.1. The van der Waals surface area contributed by atoms with Gasteiger partial charge in [-0.25, -0.2) is 0 Å². The summed E-state index contributed by atoms with van der Waals surface area (Å²) in [6.07, 6.45) is 6.69. The number of ether oxygens (including phenoxy) is 1. The summed E-state index contributed by atoms with van der Waals surface area (Å²) in [6.45, 7) is 9.02. The van der Waals surface area contributed by atoms with E-state index in [-0.39, 0.29) is 0 Å². The van der Waals surface area contributed by atoms with E-state index in [2.05, 4.69) is 39.6 Å². The van der Waals surface area contributed by atoms with E-state index in [9.17, 15) is 0 Å². The standard InChI is InChI=1S/C27H38Cl2N2OS/c1-3-4-25(32-2)13-20-7-10-30(11-8-20)16-23-17-31(18-26(23)22-9-12-33-19-22)15-21-5-6-24(28)14-27(21)29/h5-6,9,12,14,19-20,23,25-26H,3-4,7-8,10-11,13,15-18H2,1-2H3/t23?,25?,26-/m1/s1. The SMILES string of the molecule is CCCC(CC1CCN(CC2CN(Cc3ccc(Cl)cc3Cl)C[C@@H]2c2ccsc2)CC1)OC. The summed E-state index contributed by atoms with van der Waals surface area (Å²) in [5.74, 6) is 2.08. The van der Waals surface area contributed by atoms with Gasteiger partial charge in [0.05, 0.1) is 6.10 Å². The Kier molecular flexibility index (Phi) is 9.55. The van der Waals surface area contributed by atoms with Crippen molar-refractivity contribution >= 4 is 34.5 Å². The van der Waals surface area contributed by atoms with Crippen LogP contribution in [-0.4, -0.2) is 55.7 Å². The first kappa shape index (κ1) is 25.5. The van der Waals surface area contributed by atoms with Gasteiger partial charge in [-0.15, -0.1) is 0 Å². The van der Waals surface area contributed by atoms with Crippen LogP contribution in [0.3, 0.4) is 0 Å². The van der Waals surface area contributed by atoms with Crippen LogP contribution in [0.1, 0.15) is 56.1 Å². The Labute approximate surface area is 214 Å². The number of methoxy groups -OCH3 is 1. The van der Waals surface area contributed by atoms with Gasteiger partial charge in [-0.1, -0.05) is 42.6 Å². The number of piperidine rings is 1. The van der Waals surface area contributed by atoms with Crippen LogP contribution in [0, 0.1) is 11.8 Å². The highest BCUT2D eigenvalue weighted by Crippen LogP contribution is 2.37. The number of halogens is 2. The molecule has 182 valence electrons. The van der Waals surface area contributed by atoms with Crippen LogP contribution < -0.4 is 0 Å². The highest BCUT2D eigenvalue weighted by atomic mass is 35.5. The minimum atomic E-state index is 0.442. The molecule has 0 radical (unpaired) electrons. The first-order valence-corrected chi connectivity index (χ1v) is 14.2. The summed E-state index contributed by atoms with van der Waals surface area (Å²) in [6, 6.07) is 8.22. The molecule has 2 fully saturated rings. The Balaban J connectivity index is 1.34. The van der Waals surface area contributed by atoms with E-state index in [1.54, 1.807) is 0 Å². The number of hydrogen-bond acceptors (Lipinski definition) is 4. The van der Waals surface area contributed by atoms with Crippen LogP contribution in [0.15, 0.2) is 35.0 Å². The zero-order valence-corrected chi connectivity index (χ0v) is 22.3. The first-order valence-electron chi connectivity index (χ1n) is 12.5. The Morgan fingerprint density at radius 3 is 2.61 bits per heavy atom. The highest BCUT2D eigenvalue weighted by molar-refractivity contribution is 7.08. The van der Waals surface area contributed by atoms with E-state index in [4.69, 9.17) is 27.9 Å². The smallest absolute Gasteiger partial charge is 0.0574 e. The molecule has 2 aliphatic rings. The highest BCUT2D eigenvalue weighted by Gasteiger charge is 2.36. The van der Waals surface area contributed by atoms with Crippen molar-refractivity contribution < 1.29 is 4.74 Å². The monoisotopic (exact) mass is 508 g/mol. The number of likely N-dealkylation sites (tertiary alicyclic amines) is 2. The van der Waals surface area contributed by atoms with Crippen molar-refractivity contribution in [1.29, 1.82) is 0 Å². The van der Waals surface area contributed by atoms with Gasteiger partial charge in [0.15, 0.2) is 0 Å². The molecule has 0 saturated carbocycles. The molecule has 33 heavy (non-hydrogen) atoms. The fraction of sp³-hybridized carbons (Fsp3) is 0.630. The summed E-state index contributed by atoms with van der Waals surface area (Å²) in [7, 11) is 1.88. The molecule has 4 rings (SSSR count). The maximum absolute atomic E-state index is 6.49. The normalized spacial score (nSPS) is 23.9. The van der Waals surface area contributed by atoms with E-state index in [1.165, 1.54) is 62.9 Å². The van der Waals surface area contributed by atoms with Gasteiger partial charge < -0.3 is 9.64 Å². The second-order valence-electron chi connectivity index (χ2n) is 9.98. The molecule has 3 nitrogen and oxygen atoms in total. The molecular weight excluding hydrogens is 471 g/mol. The van der Waals surface area contributed by atoms with Crippen LogP contribution in [-0.2, 0) is 11.3 Å². The number of thiophene rings is 1. The van der Waals surface area contributed by atoms with Crippen molar-refractivity contribution in [3.63, 3.8) is 0 Å². The molecule has 0 amide bonds. The van der Waals surface area contributed by atoms with Crippen molar-refractivity contribution in [3.05, 3.63) is 56.2 Å². The zero-order valence-electron chi connectivity index (χ0n) is 20.0. The van der Waals surface area contributed by atoms with Gasteiger partial charge in [0.25, 0.3) is 0 Å². The predicted molar refractivity (Wildman–Crippen MR) is 142 cm³/mol. The Morgan fingerprint density at radius 1 is 1.12 bits per heavy atom. The van der Waals surface area contributed by atoms with Crippen molar-refractivity contribution in [2.45, 2.75) is 57.6 Å². The van der Waals surface area contributed by atoms with Crippen LogP contribution in [0.5, 0.6) is 0 Å². The number of hydrogen-bond donors (Lipinski definition) is 0. The fourth-order valence-electron chi connectivity index (χ4n) is 5.79. The lowest BCUT2D eigenvalue weighted by molar-refractivity contribution is 0.0559. The Hall–Kier alpha value is -0.620. The van der Waals surface area contributed by atoms with Gasteiger partial charge in [-0.3, -0.25) is 4.90 Å². The average Bonchev–Trinajstić information content (AvgIpc) is 3.47. The molecule has 2 unspecified atom stereocenters. The van der Waals surface area contributed by atoms with Crippen molar-refractivity contribution in [2.24, 2.45) is 11.8 Å². The minimum absolute atomic E-state index is 0.442. The molecule has 2 aromatic rings. The third-order valence-electron chi connectivity index (χ3n) is 7.64. The van der Waals surface area contributed by atoms with Gasteiger partial charge in [0.1, 0.15) is 0 Å². The zero-order chi connectivity index (χ0) is 23.2. The molecule has 0 spiro atoms. The molecule has 3 atom stereocenters. The summed E-state index contributed by atoms with van der Waals surface area (Å²) in [5.41, 5.74) is 2.68. The van der Waals surface area contributed by atoms with Crippen LogP contribution in [0.25, 0.3) is 0 Å². The molecule has 0 aliphatic carbocycles. The largest absolute Gasteiger partial charge is 0.381 e. The van der Waals surface area contributed by atoms with E-state index in [1.807, 2.05) is 30.6 Å². The van der Waals surface area contributed by atoms with E-state index < -0.39 is 0 Å². The molecule has 0 bridgehead atoms. The number of nitrogens with zero attached hydrogens (tertiary/aromatic N) is 2. The van der Waals surface area contributed by atoms with Gasteiger partial charge in [-0.05, 0) is 90.7 Å². The number of benzene rings is 1. The molecule has 3 heterocycles. The van der Waals surface area contributed by atoms with Gasteiger partial charge in [-0.2, -0.15) is 11.3 Å². The van der Waals surface area contributed by atoms with Gasteiger partial charge in [0.2, 0.25) is 0 Å². The maximum Gasteiger partial charge on any atom is 0.0574 e. The third kappa shape index (κ3) is 6.96. The average molecular weight is 510 g/mol. The van der Waals surface area contributed by atoms with Gasteiger partial charge in [0, 0.05) is 49.3 Å². The van der Waals surface area contributed by atoms with E-state index in [0.717, 1.165) is 30.6 Å². The molecule has 2 aliphatic heterocycles. The summed E-state index contributed by atoms with van der Waals surface area (Å²) < 4.78 is 5.72. The van der Waals surface area contributed by atoms with E-state index >= 15 is 0 Å². The van der Waals surface area contributed by atoms with Crippen molar-refractivity contribution in [3.8, 4) is 0 Å². The lowest BCUT2D eigenvalue weighted by Crippen LogP contribution is -2.39. The second kappa shape index (κ2) is 12.4. The lowest BCUT2D eigenvalue weighted by atomic mass is 9.87. The topological polar surface area (TPSA) is 15.7 Å². The van der Waals surface area contributed by atoms with Crippen LogP contribution in [0.4, 0.5) is 0 Å². The number of rotatable bonds is 10. The summed E-state index contributed by atoms with van der Waals surface area (Å²) >= 11 is 14.4.